The fourth-order valence-electron chi connectivity index (χ4n) is 2.93. The third kappa shape index (κ3) is 4.57. The van der Waals surface area contributed by atoms with Gasteiger partial charge >= 0.3 is 12.0 Å². The molecular weight excluding hydrogens is 392 g/mol. The highest BCUT2D eigenvalue weighted by molar-refractivity contribution is 7.17. The van der Waals surface area contributed by atoms with Crippen molar-refractivity contribution in [3.8, 4) is 0 Å². The molecule has 2 aromatic rings. The molecule has 0 radical (unpaired) electrons. The number of carboxylic acids is 1. The van der Waals surface area contributed by atoms with Crippen LogP contribution in [-0.2, 0) is 17.8 Å². The SMILES string of the molecule is NC(=O)c1c(NC(=O)Nc2ccc(Cl)cc2)sc2c1CCN(CC(=O)O)C2. The quantitative estimate of drug-likeness (QED) is 0.605. The van der Waals surface area contributed by atoms with Crippen LogP contribution >= 0.6 is 22.9 Å². The number of carbonyl (C=O) groups is 3. The third-order valence-corrected chi connectivity index (χ3v) is 5.45. The monoisotopic (exact) mass is 408 g/mol. The molecule has 1 aliphatic heterocycles. The number of aliphatic carboxylic acids is 1. The van der Waals surface area contributed by atoms with E-state index in [1.165, 1.54) is 11.3 Å². The Kier molecular flexibility index (Phi) is 5.64. The summed E-state index contributed by atoms with van der Waals surface area (Å²) in [6.07, 6.45) is 0.498. The number of hydrogen-bond donors (Lipinski definition) is 4. The van der Waals surface area contributed by atoms with Gasteiger partial charge in [-0.05, 0) is 36.2 Å². The number of anilines is 2. The summed E-state index contributed by atoms with van der Waals surface area (Å²) < 4.78 is 0. The Balaban J connectivity index is 1.78. The highest BCUT2D eigenvalue weighted by Crippen LogP contribution is 2.37. The van der Waals surface area contributed by atoms with E-state index in [4.69, 9.17) is 22.4 Å². The molecule has 1 aromatic carbocycles. The molecule has 0 saturated carbocycles. The number of rotatable bonds is 5. The Labute approximate surface area is 163 Å². The molecule has 8 nitrogen and oxygen atoms in total. The van der Waals surface area contributed by atoms with Crippen LogP contribution in [0, 0.1) is 0 Å². The minimum absolute atomic E-state index is 0.0803. The standard InChI is InChI=1S/C17H17ClN4O4S/c18-9-1-3-10(4-2-9)20-17(26)21-16-14(15(19)25)11-5-6-22(8-13(23)24)7-12(11)27-16/h1-4H,5-8H2,(H2,19,25)(H,23,24)(H2,20,21,26). The molecule has 0 saturated heterocycles. The zero-order valence-electron chi connectivity index (χ0n) is 14.1. The van der Waals surface area contributed by atoms with Crippen LogP contribution in [0.3, 0.4) is 0 Å². The van der Waals surface area contributed by atoms with Crippen LogP contribution in [-0.4, -0.2) is 41.0 Å². The molecule has 1 aliphatic rings. The predicted octanol–water partition coefficient (Wildman–Crippen LogP) is 2.59. The van der Waals surface area contributed by atoms with Crippen LogP contribution in [0.2, 0.25) is 5.02 Å². The average molecular weight is 409 g/mol. The van der Waals surface area contributed by atoms with Crippen LogP contribution in [0.25, 0.3) is 0 Å². The third-order valence-electron chi connectivity index (χ3n) is 4.07. The number of halogens is 1. The molecule has 3 amide bonds. The van der Waals surface area contributed by atoms with Crippen LogP contribution in [0.5, 0.6) is 0 Å². The van der Waals surface area contributed by atoms with Crippen LogP contribution in [0.15, 0.2) is 24.3 Å². The molecule has 0 fully saturated rings. The summed E-state index contributed by atoms with van der Waals surface area (Å²) in [5.74, 6) is -1.54. The molecule has 0 atom stereocenters. The molecule has 142 valence electrons. The van der Waals surface area contributed by atoms with E-state index in [0.717, 1.165) is 10.4 Å². The summed E-state index contributed by atoms with van der Waals surface area (Å²) in [6, 6.07) is 6.08. The van der Waals surface area contributed by atoms with Crippen molar-refractivity contribution in [3.05, 3.63) is 45.3 Å². The Bertz CT molecular complexity index is 897. The van der Waals surface area contributed by atoms with Crippen molar-refractivity contribution in [1.29, 1.82) is 0 Å². The maximum atomic E-state index is 12.3. The second kappa shape index (κ2) is 7.95. The number of carboxylic acid groups (broad SMARTS) is 1. The summed E-state index contributed by atoms with van der Waals surface area (Å²) >= 11 is 7.05. The highest BCUT2D eigenvalue weighted by Gasteiger charge is 2.28. The zero-order valence-corrected chi connectivity index (χ0v) is 15.7. The highest BCUT2D eigenvalue weighted by atomic mass is 35.5. The van der Waals surface area contributed by atoms with E-state index in [1.54, 1.807) is 29.2 Å². The van der Waals surface area contributed by atoms with Gasteiger partial charge in [0.2, 0.25) is 0 Å². The van der Waals surface area contributed by atoms with Gasteiger partial charge in [0.15, 0.2) is 0 Å². The van der Waals surface area contributed by atoms with E-state index < -0.39 is 17.9 Å². The molecule has 0 aliphatic carbocycles. The molecule has 3 rings (SSSR count). The number of hydrogen-bond acceptors (Lipinski definition) is 5. The molecule has 0 unspecified atom stereocenters. The van der Waals surface area contributed by atoms with Crippen molar-refractivity contribution < 1.29 is 19.5 Å². The number of carbonyl (C=O) groups excluding carboxylic acids is 2. The Morgan fingerprint density at radius 3 is 2.56 bits per heavy atom. The number of thiophene rings is 1. The molecule has 0 spiro atoms. The van der Waals surface area contributed by atoms with Crippen molar-refractivity contribution >= 4 is 51.5 Å². The van der Waals surface area contributed by atoms with Gasteiger partial charge in [0.05, 0.1) is 12.1 Å². The number of benzene rings is 1. The van der Waals surface area contributed by atoms with E-state index in [1.807, 2.05) is 0 Å². The summed E-state index contributed by atoms with van der Waals surface area (Å²) in [5.41, 5.74) is 7.13. The van der Waals surface area contributed by atoms with Gasteiger partial charge in [-0.15, -0.1) is 11.3 Å². The number of nitrogens with zero attached hydrogens (tertiary/aromatic N) is 1. The van der Waals surface area contributed by atoms with Crippen molar-refractivity contribution in [3.63, 3.8) is 0 Å². The lowest BCUT2D eigenvalue weighted by molar-refractivity contribution is -0.138. The Morgan fingerprint density at radius 1 is 1.22 bits per heavy atom. The summed E-state index contributed by atoms with van der Waals surface area (Å²) in [4.78, 5) is 37.7. The van der Waals surface area contributed by atoms with Gasteiger partial charge in [0.25, 0.3) is 5.91 Å². The van der Waals surface area contributed by atoms with Crippen molar-refractivity contribution in [2.75, 3.05) is 23.7 Å². The second-order valence-electron chi connectivity index (χ2n) is 6.01. The van der Waals surface area contributed by atoms with E-state index >= 15 is 0 Å². The molecule has 5 N–H and O–H groups in total. The normalized spacial score (nSPS) is 13.7. The Morgan fingerprint density at radius 2 is 1.93 bits per heavy atom. The van der Waals surface area contributed by atoms with E-state index in [2.05, 4.69) is 10.6 Å². The number of primary amides is 1. The Hall–Kier alpha value is -2.62. The number of nitrogens with two attached hydrogens (primary N) is 1. The maximum Gasteiger partial charge on any atom is 0.324 e. The van der Waals surface area contributed by atoms with Gasteiger partial charge in [-0.1, -0.05) is 11.6 Å². The van der Waals surface area contributed by atoms with Crippen LogP contribution in [0.4, 0.5) is 15.5 Å². The predicted molar refractivity (Wildman–Crippen MR) is 104 cm³/mol. The molecule has 27 heavy (non-hydrogen) atoms. The number of fused-ring (bicyclic) bond motifs is 1. The molecule has 10 heteroatoms. The van der Waals surface area contributed by atoms with E-state index in [-0.39, 0.29) is 12.1 Å². The van der Waals surface area contributed by atoms with Crippen LogP contribution in [0.1, 0.15) is 20.8 Å². The first kappa shape index (κ1) is 19.2. The van der Waals surface area contributed by atoms with Gasteiger partial charge < -0.3 is 16.2 Å². The first-order valence-electron chi connectivity index (χ1n) is 8.05. The van der Waals surface area contributed by atoms with Crippen molar-refractivity contribution in [1.82, 2.24) is 4.90 Å². The van der Waals surface area contributed by atoms with Gasteiger partial charge in [0, 0.05) is 28.7 Å². The first-order chi connectivity index (χ1) is 12.8. The first-order valence-corrected chi connectivity index (χ1v) is 9.25. The maximum absolute atomic E-state index is 12.3. The van der Waals surface area contributed by atoms with Gasteiger partial charge in [-0.3, -0.25) is 19.8 Å². The number of amides is 3. The number of urea groups is 1. The van der Waals surface area contributed by atoms with Gasteiger partial charge in [-0.2, -0.15) is 0 Å². The van der Waals surface area contributed by atoms with Crippen LogP contribution < -0.4 is 16.4 Å². The fraction of sp³-hybridized carbons (Fsp3) is 0.235. The van der Waals surface area contributed by atoms with E-state index in [9.17, 15) is 14.4 Å². The fourth-order valence-corrected chi connectivity index (χ4v) is 4.35. The van der Waals surface area contributed by atoms with Gasteiger partial charge in [-0.25, -0.2) is 4.79 Å². The molecule has 2 heterocycles. The lowest BCUT2D eigenvalue weighted by Gasteiger charge is -2.25. The molecule has 0 bridgehead atoms. The van der Waals surface area contributed by atoms with Gasteiger partial charge in [0.1, 0.15) is 5.00 Å². The lowest BCUT2D eigenvalue weighted by Crippen LogP contribution is -2.34. The van der Waals surface area contributed by atoms with E-state index in [0.29, 0.717) is 35.2 Å². The summed E-state index contributed by atoms with van der Waals surface area (Å²) in [6.45, 7) is 0.822. The number of nitrogens with one attached hydrogen (secondary N) is 2. The minimum atomic E-state index is -0.911. The van der Waals surface area contributed by atoms with Crippen molar-refractivity contribution in [2.45, 2.75) is 13.0 Å². The van der Waals surface area contributed by atoms with Crippen molar-refractivity contribution in [2.24, 2.45) is 5.73 Å². The lowest BCUT2D eigenvalue weighted by atomic mass is 10.0. The summed E-state index contributed by atoms with van der Waals surface area (Å²) in [5, 5.41) is 15.2. The molecular formula is C17H17ClN4O4S. The summed E-state index contributed by atoms with van der Waals surface area (Å²) in [7, 11) is 0. The second-order valence-corrected chi connectivity index (χ2v) is 7.55. The average Bonchev–Trinajstić information content (AvgIpc) is 2.93. The topological polar surface area (TPSA) is 125 Å². The zero-order chi connectivity index (χ0) is 19.6. The smallest absolute Gasteiger partial charge is 0.324 e. The molecule has 1 aromatic heterocycles. The minimum Gasteiger partial charge on any atom is -0.480 e. The largest absolute Gasteiger partial charge is 0.480 e.